The Kier molecular flexibility index (Phi) is 11.3. The van der Waals surface area contributed by atoms with Crippen molar-refractivity contribution >= 4 is 38.9 Å². The summed E-state index contributed by atoms with van der Waals surface area (Å²) in [5.41, 5.74) is 26.4. The predicted molar refractivity (Wildman–Crippen MR) is 310 cm³/mol. The average Bonchev–Trinajstić information content (AvgIpc) is 4.05. The van der Waals surface area contributed by atoms with E-state index in [0.29, 0.717) is 0 Å². The fourth-order valence-electron chi connectivity index (χ4n) is 11.5. The molecule has 3 heteroatoms. The van der Waals surface area contributed by atoms with Crippen LogP contribution in [0.5, 0.6) is 11.5 Å². The number of aromatic nitrogens is 1. The lowest BCUT2D eigenvalue weighted by Crippen LogP contribution is -2.06. The van der Waals surface area contributed by atoms with Crippen LogP contribution in [0.25, 0.3) is 100 Å². The molecule has 0 amide bonds. The number of para-hydroxylation sites is 2. The number of furan rings is 1. The van der Waals surface area contributed by atoms with Gasteiger partial charge in [-0.2, -0.15) is 0 Å². The number of fused-ring (bicyclic) bond motifs is 8. The van der Waals surface area contributed by atoms with Crippen molar-refractivity contribution in [1.29, 1.82) is 0 Å². The molecule has 0 fully saturated rings. The quantitative estimate of drug-likeness (QED) is 0.159. The molecule has 12 aromatic rings. The molecule has 0 atom stereocenters. The van der Waals surface area contributed by atoms with Gasteiger partial charge in [-0.15, -0.1) is 0 Å². The average molecular weight is 954 g/mol. The van der Waals surface area contributed by atoms with Gasteiger partial charge in [0.05, 0.1) is 11.2 Å². The lowest BCUT2D eigenvalue weighted by molar-refractivity contribution is 0.475. The number of hydrogen-bond acceptors (Lipinski definition) is 2. The molecular formula is C71H55NO2. The lowest BCUT2D eigenvalue weighted by atomic mass is 9.88. The third-order valence-corrected chi connectivity index (χ3v) is 15.3. The van der Waals surface area contributed by atoms with E-state index in [1.807, 2.05) is 18.2 Å². The van der Waals surface area contributed by atoms with Crippen molar-refractivity contribution < 1.29 is 9.15 Å². The molecule has 1 aliphatic carbocycles. The third kappa shape index (κ3) is 8.02. The van der Waals surface area contributed by atoms with Crippen molar-refractivity contribution in [2.24, 2.45) is 0 Å². The van der Waals surface area contributed by atoms with E-state index in [-0.39, 0.29) is 0 Å². The monoisotopic (exact) mass is 953 g/mol. The van der Waals surface area contributed by atoms with Crippen LogP contribution in [0.15, 0.2) is 223 Å². The molecular weight excluding hydrogens is 899 g/mol. The number of nitrogens with zero attached hydrogens (tertiary/aromatic N) is 1. The van der Waals surface area contributed by atoms with E-state index < -0.39 is 0 Å². The molecule has 0 radical (unpaired) electrons. The topological polar surface area (TPSA) is 27.3 Å². The number of hydrogen-bond donors (Lipinski definition) is 0. The Morgan fingerprint density at radius 1 is 0.446 bits per heavy atom. The van der Waals surface area contributed by atoms with Gasteiger partial charge in [-0.25, -0.2) is 0 Å². The molecule has 2 aliphatic rings. The summed E-state index contributed by atoms with van der Waals surface area (Å²) in [6.07, 6.45) is 7.52. The first-order chi connectivity index (χ1) is 36.3. The van der Waals surface area contributed by atoms with Crippen LogP contribution >= 0.6 is 0 Å². The summed E-state index contributed by atoms with van der Waals surface area (Å²) in [7, 11) is 0. The minimum Gasteiger partial charge on any atom is -0.456 e. The van der Waals surface area contributed by atoms with E-state index in [4.69, 9.17) is 9.15 Å². The first-order valence-electron chi connectivity index (χ1n) is 25.9. The Hall–Kier alpha value is -8.92. The van der Waals surface area contributed by atoms with Gasteiger partial charge in [-0.1, -0.05) is 163 Å². The van der Waals surface area contributed by atoms with E-state index in [0.717, 1.165) is 80.6 Å². The van der Waals surface area contributed by atoms with Crippen LogP contribution < -0.4 is 4.74 Å². The van der Waals surface area contributed by atoms with Crippen LogP contribution in [0.1, 0.15) is 51.1 Å². The highest BCUT2D eigenvalue weighted by atomic mass is 16.5. The van der Waals surface area contributed by atoms with Crippen LogP contribution in [-0.4, -0.2) is 4.57 Å². The van der Waals surface area contributed by atoms with Gasteiger partial charge >= 0.3 is 0 Å². The molecule has 0 saturated heterocycles. The SMILES string of the molecule is Cc1ccc(-c2ccc(C)c(-c3ccccc3Cc3ccccc3)c2)cc1-c1cc(-c2ccc3oc4cccc(-c5cc6c7c(c5)c5c(n7-c7ccccc7O6)C=CCC5)c4c3c2)ccc1C.Cc1ccccc1. The van der Waals surface area contributed by atoms with Crippen LogP contribution in [-0.2, 0) is 12.8 Å². The molecule has 356 valence electrons. The minimum atomic E-state index is 0.877. The third-order valence-electron chi connectivity index (χ3n) is 15.3. The van der Waals surface area contributed by atoms with Crippen LogP contribution in [0.2, 0.25) is 0 Å². The highest BCUT2D eigenvalue weighted by Gasteiger charge is 2.28. The van der Waals surface area contributed by atoms with Gasteiger partial charge in [0.15, 0.2) is 11.5 Å². The summed E-state index contributed by atoms with van der Waals surface area (Å²) < 4.78 is 15.7. The molecule has 74 heavy (non-hydrogen) atoms. The smallest absolute Gasteiger partial charge is 0.152 e. The summed E-state index contributed by atoms with van der Waals surface area (Å²) >= 11 is 0. The summed E-state index contributed by atoms with van der Waals surface area (Å²) in [6.45, 7) is 8.77. The van der Waals surface area contributed by atoms with E-state index in [1.54, 1.807) is 0 Å². The van der Waals surface area contributed by atoms with E-state index in [1.165, 1.54) is 89.0 Å². The molecule has 0 bridgehead atoms. The maximum Gasteiger partial charge on any atom is 0.152 e. The highest BCUT2D eigenvalue weighted by molar-refractivity contribution is 6.14. The van der Waals surface area contributed by atoms with Gasteiger partial charge in [-0.3, -0.25) is 0 Å². The lowest BCUT2D eigenvalue weighted by Gasteiger charge is -2.22. The zero-order valence-electron chi connectivity index (χ0n) is 42.2. The van der Waals surface area contributed by atoms with Crippen molar-refractivity contribution in [2.75, 3.05) is 0 Å². The van der Waals surface area contributed by atoms with Crippen molar-refractivity contribution in [2.45, 2.75) is 47.0 Å². The molecule has 14 rings (SSSR count). The fourth-order valence-corrected chi connectivity index (χ4v) is 11.5. The minimum absolute atomic E-state index is 0.877. The molecule has 0 saturated carbocycles. The number of allylic oxidation sites excluding steroid dienone is 1. The summed E-state index contributed by atoms with van der Waals surface area (Å²) in [6, 6.07) is 76.8. The second-order valence-electron chi connectivity index (χ2n) is 20.1. The largest absolute Gasteiger partial charge is 0.456 e. The van der Waals surface area contributed by atoms with Crippen LogP contribution in [0, 0.1) is 27.7 Å². The van der Waals surface area contributed by atoms with Crippen molar-refractivity contribution in [1.82, 2.24) is 4.57 Å². The van der Waals surface area contributed by atoms with Crippen molar-refractivity contribution in [3.8, 4) is 72.8 Å². The Bertz CT molecular complexity index is 4170. The molecule has 0 N–H and O–H groups in total. The summed E-state index contributed by atoms with van der Waals surface area (Å²) in [4.78, 5) is 0. The van der Waals surface area contributed by atoms with Gasteiger partial charge in [0.1, 0.15) is 11.2 Å². The molecule has 3 nitrogen and oxygen atoms in total. The zero-order chi connectivity index (χ0) is 49.9. The highest BCUT2D eigenvalue weighted by Crippen LogP contribution is 2.49. The van der Waals surface area contributed by atoms with Crippen LogP contribution in [0.3, 0.4) is 0 Å². The molecule has 1 aliphatic heterocycles. The molecule has 2 aromatic heterocycles. The Morgan fingerprint density at radius 3 is 1.74 bits per heavy atom. The fraction of sp³-hybridized carbons (Fsp3) is 0.0986. The summed E-state index contributed by atoms with van der Waals surface area (Å²) in [5, 5.41) is 3.48. The van der Waals surface area contributed by atoms with E-state index in [9.17, 15) is 0 Å². The zero-order valence-corrected chi connectivity index (χ0v) is 42.2. The van der Waals surface area contributed by atoms with Gasteiger partial charge in [-0.05, 0) is 203 Å². The Balaban J connectivity index is 0.000000700. The Morgan fingerprint density at radius 2 is 1.04 bits per heavy atom. The number of ether oxygens (including phenoxy) is 1. The molecule has 10 aromatic carbocycles. The molecule has 3 heterocycles. The van der Waals surface area contributed by atoms with Gasteiger partial charge < -0.3 is 13.7 Å². The first-order valence-corrected chi connectivity index (χ1v) is 25.9. The van der Waals surface area contributed by atoms with E-state index >= 15 is 0 Å². The predicted octanol–water partition coefficient (Wildman–Crippen LogP) is 19.4. The molecule has 0 spiro atoms. The summed E-state index contributed by atoms with van der Waals surface area (Å²) in [5.74, 6) is 1.76. The standard InChI is InChI=1S/C64H47NO2.C7H8/c1-39-24-27-43(33-52(39)49-17-8-7-16-47(49)32-42-14-5-4-6-15-42)44-28-25-40(2)53(34-44)54-35-45(29-26-41(54)3)46-30-31-59-56(36-46)63-50(19-13-23-61(63)66-59)48-37-55-51-18-9-10-20-57(51)65-58-21-11-12-22-60(58)67-62(38-48)64(55)65;1-7-5-3-2-4-6-7/h4-8,10-17,19-31,33-38H,9,18,32H2,1-3H3;2-6H,1H3. The Labute approximate surface area is 433 Å². The second kappa shape index (κ2) is 18.6. The van der Waals surface area contributed by atoms with Gasteiger partial charge in [0, 0.05) is 21.9 Å². The van der Waals surface area contributed by atoms with Gasteiger partial charge in [0.2, 0.25) is 0 Å². The number of rotatable bonds is 7. The number of benzene rings is 10. The maximum absolute atomic E-state index is 6.73. The second-order valence-corrected chi connectivity index (χ2v) is 20.1. The van der Waals surface area contributed by atoms with E-state index in [2.05, 4.69) is 239 Å². The first kappa shape index (κ1) is 45.0. The van der Waals surface area contributed by atoms with Gasteiger partial charge in [0.25, 0.3) is 0 Å². The maximum atomic E-state index is 6.73. The van der Waals surface area contributed by atoms with Crippen molar-refractivity contribution in [3.05, 3.63) is 263 Å². The van der Waals surface area contributed by atoms with Crippen LogP contribution in [0.4, 0.5) is 0 Å². The van der Waals surface area contributed by atoms with Crippen molar-refractivity contribution in [3.63, 3.8) is 0 Å². The normalized spacial score (nSPS) is 12.3. The molecule has 0 unspecified atom stereocenters. The number of aryl methyl sites for hydroxylation is 5.